The number of hydrogen-bond acceptors (Lipinski definition) is 8. The number of pyridine rings is 2. The molecule has 94 heavy (non-hydrogen) atoms. The van der Waals surface area contributed by atoms with Crippen molar-refractivity contribution in [1.29, 1.82) is 0 Å². The van der Waals surface area contributed by atoms with Crippen LogP contribution in [0.25, 0.3) is 134 Å². The number of benzene rings is 12. The second-order valence-corrected chi connectivity index (χ2v) is 23.4. The van der Waals surface area contributed by atoms with Gasteiger partial charge in [0, 0.05) is 78.4 Å². The van der Waals surface area contributed by atoms with Crippen LogP contribution in [-0.4, -0.2) is 29.9 Å². The van der Waals surface area contributed by atoms with Gasteiger partial charge < -0.3 is 9.80 Å². The molecule has 12 aromatic carbocycles. The number of hydrogen-bond donors (Lipinski definition) is 0. The third-order valence-electron chi connectivity index (χ3n) is 17.6. The van der Waals surface area contributed by atoms with Gasteiger partial charge >= 0.3 is 0 Å². The van der Waals surface area contributed by atoms with E-state index < -0.39 is 0 Å². The molecule has 18 rings (SSSR count). The van der Waals surface area contributed by atoms with Crippen molar-refractivity contribution in [2.24, 2.45) is 0 Å². The zero-order chi connectivity index (χ0) is 62.3. The normalized spacial score (nSPS) is 11.8. The molecule has 0 saturated carbocycles. The van der Waals surface area contributed by atoms with Gasteiger partial charge in [-0.25, -0.2) is 24.9 Å². The molecule has 4 aromatic heterocycles. The average molecular weight is 1200 g/mol. The number of anilines is 6. The number of nitrogens with zero attached hydrogens (tertiary/aromatic N) is 8. The highest BCUT2D eigenvalue weighted by Gasteiger charge is 2.30. The summed E-state index contributed by atoms with van der Waals surface area (Å²) in [6.45, 7) is 0. The van der Waals surface area contributed by atoms with Crippen molar-refractivity contribution in [3.8, 4) is 112 Å². The monoisotopic (exact) mass is 1200 g/mol. The van der Waals surface area contributed by atoms with Crippen LogP contribution in [0.15, 0.2) is 340 Å². The molecule has 0 unspecified atom stereocenters. The van der Waals surface area contributed by atoms with Crippen LogP contribution < -0.4 is 9.80 Å². The highest BCUT2D eigenvalue weighted by atomic mass is 15.2. The Morgan fingerprint density at radius 2 is 0.553 bits per heavy atom. The first-order chi connectivity index (χ1) is 46.6. The van der Waals surface area contributed by atoms with Crippen molar-refractivity contribution in [1.82, 2.24) is 29.9 Å². The molecule has 0 saturated heterocycles. The van der Waals surface area contributed by atoms with Gasteiger partial charge in [0.05, 0.1) is 62.3 Å². The molecule has 2 aliphatic rings. The van der Waals surface area contributed by atoms with Crippen molar-refractivity contribution in [2.45, 2.75) is 0 Å². The Bertz CT molecular complexity index is 5040. The summed E-state index contributed by atoms with van der Waals surface area (Å²) in [6, 6.07) is 116. The molecule has 8 nitrogen and oxygen atoms in total. The molecule has 8 heteroatoms. The third-order valence-corrected chi connectivity index (χ3v) is 17.6. The van der Waals surface area contributed by atoms with Gasteiger partial charge in [0.2, 0.25) is 0 Å². The fraction of sp³-hybridized carbons (Fsp3) is 0. The largest absolute Gasteiger partial charge is 0.309 e. The molecule has 0 amide bonds. The summed E-state index contributed by atoms with van der Waals surface area (Å²) in [7, 11) is 0. The van der Waals surface area contributed by atoms with Crippen molar-refractivity contribution in [3.63, 3.8) is 0 Å². The van der Waals surface area contributed by atoms with Crippen LogP contribution in [0.2, 0.25) is 0 Å². The van der Waals surface area contributed by atoms with Crippen molar-refractivity contribution in [3.05, 3.63) is 340 Å². The summed E-state index contributed by atoms with van der Waals surface area (Å²) in [5.74, 6) is 1.37. The van der Waals surface area contributed by atoms with E-state index in [2.05, 4.69) is 265 Å². The van der Waals surface area contributed by atoms with E-state index in [0.717, 1.165) is 129 Å². The number of para-hydroxylation sites is 2. The first-order valence-corrected chi connectivity index (χ1v) is 31.6. The molecule has 0 atom stereocenters. The topological polar surface area (TPSA) is 83.8 Å². The minimum atomic E-state index is 0.685. The maximum absolute atomic E-state index is 5.15. The number of rotatable bonds is 10. The zero-order valence-corrected chi connectivity index (χ0v) is 50.9. The van der Waals surface area contributed by atoms with Gasteiger partial charge in [-0.2, -0.15) is 0 Å². The molecule has 16 aromatic rings. The quantitative estimate of drug-likeness (QED) is 0.134. The summed E-state index contributed by atoms with van der Waals surface area (Å²) in [5.41, 5.74) is 27.3. The molecule has 0 aliphatic carbocycles. The summed E-state index contributed by atoms with van der Waals surface area (Å²) in [5, 5.41) is 2.29. The Morgan fingerprint density at radius 3 is 1.01 bits per heavy atom. The average Bonchev–Trinajstić information content (AvgIpc) is 0.740. The van der Waals surface area contributed by atoms with Gasteiger partial charge in [0.25, 0.3) is 0 Å². The van der Waals surface area contributed by atoms with E-state index >= 15 is 0 Å². The van der Waals surface area contributed by atoms with Gasteiger partial charge in [0.15, 0.2) is 11.6 Å². The SMILES string of the molecule is c1ccc(-c2cc(-c3ccccc3)nc(-c3cccc(N4c5ccccc5-c5cc(-c6ccccc6)nc6cccc4c56)c3)n2)cc1.c1ccc(-c2cc3c4c(ccnc4c2)N(c2cccc(-c4nc(-c5ccccc5)cc(-c5ccccc5)n4)c2)c2ccccc2-3)cc1. The molecule has 0 spiro atoms. The number of aromatic nitrogens is 6. The first-order valence-electron chi connectivity index (χ1n) is 31.6. The van der Waals surface area contributed by atoms with Crippen LogP contribution >= 0.6 is 0 Å². The van der Waals surface area contributed by atoms with Crippen LogP contribution in [-0.2, 0) is 0 Å². The fourth-order valence-electron chi connectivity index (χ4n) is 13.2. The van der Waals surface area contributed by atoms with Crippen LogP contribution in [0.4, 0.5) is 34.1 Å². The standard InChI is InChI=1S/2C43H28N4/c1-4-14-29(15-5-1)37-27-35-34-22-10-11-24-40(34)47(41-25-13-23-36(44-37)42(35)41)33-21-12-20-32(26-33)43-45-38(30-16-6-2-7-17-30)28-39(46-43)31-18-8-3-9-19-31;1-4-13-29(14-5-1)33-26-36-35-21-10-11-22-40(35)47(41-23-24-44-39(27-33)42(36)41)34-20-12-19-32(25-34)43-45-37(30-15-6-2-7-16-30)28-38(46-43)31-17-8-3-9-18-31/h2*1-28H. The van der Waals surface area contributed by atoms with Crippen LogP contribution in [0.5, 0.6) is 0 Å². The molecule has 2 aliphatic heterocycles. The lowest BCUT2D eigenvalue weighted by Gasteiger charge is -2.33. The van der Waals surface area contributed by atoms with Gasteiger partial charge in [-0.1, -0.05) is 249 Å². The molecule has 0 fully saturated rings. The minimum Gasteiger partial charge on any atom is -0.309 e. The van der Waals surface area contributed by atoms with Crippen molar-refractivity contribution < 1.29 is 0 Å². The lowest BCUT2D eigenvalue weighted by Crippen LogP contribution is -2.15. The smallest absolute Gasteiger partial charge is 0.160 e. The van der Waals surface area contributed by atoms with E-state index in [9.17, 15) is 0 Å². The predicted octanol–water partition coefficient (Wildman–Crippen LogP) is 22.3. The molecule has 0 bridgehead atoms. The highest BCUT2D eigenvalue weighted by molar-refractivity contribution is 6.15. The third kappa shape index (κ3) is 10.3. The lowest BCUT2D eigenvalue weighted by molar-refractivity contribution is 1.18. The van der Waals surface area contributed by atoms with Crippen molar-refractivity contribution >= 4 is 55.9 Å². The maximum atomic E-state index is 5.15. The second-order valence-electron chi connectivity index (χ2n) is 23.4. The van der Waals surface area contributed by atoms with Gasteiger partial charge in [-0.15, -0.1) is 0 Å². The maximum Gasteiger partial charge on any atom is 0.160 e. The Kier molecular flexibility index (Phi) is 14.0. The van der Waals surface area contributed by atoms with Crippen LogP contribution in [0.1, 0.15) is 0 Å². The lowest BCUT2D eigenvalue weighted by atomic mass is 9.89. The van der Waals surface area contributed by atoms with Gasteiger partial charge in [-0.05, 0) is 107 Å². The van der Waals surface area contributed by atoms with E-state index in [1.807, 2.05) is 85.1 Å². The van der Waals surface area contributed by atoms with Gasteiger partial charge in [0.1, 0.15) is 0 Å². The van der Waals surface area contributed by atoms with E-state index in [4.69, 9.17) is 29.9 Å². The van der Waals surface area contributed by atoms with Crippen LogP contribution in [0.3, 0.4) is 0 Å². The van der Waals surface area contributed by atoms with E-state index in [1.54, 1.807) is 0 Å². The summed E-state index contributed by atoms with van der Waals surface area (Å²) >= 11 is 0. The molecule has 6 heterocycles. The second kappa shape index (κ2) is 23.9. The Hall–Kier alpha value is -12.8. The first kappa shape index (κ1) is 55.3. The van der Waals surface area contributed by atoms with E-state index in [0.29, 0.717) is 11.6 Å². The Balaban J connectivity index is 0.000000143. The summed E-state index contributed by atoms with van der Waals surface area (Å²) in [6.07, 6.45) is 1.92. The Morgan fingerprint density at radius 1 is 0.202 bits per heavy atom. The zero-order valence-electron chi connectivity index (χ0n) is 50.9. The van der Waals surface area contributed by atoms with Crippen LogP contribution in [0, 0.1) is 0 Å². The number of fused-ring (bicyclic) bond motifs is 4. The van der Waals surface area contributed by atoms with Gasteiger partial charge in [-0.3, -0.25) is 4.98 Å². The van der Waals surface area contributed by atoms with E-state index in [-0.39, 0.29) is 0 Å². The molecule has 440 valence electrons. The Labute approximate surface area is 544 Å². The molecular weight excluding hydrogens is 1150 g/mol. The van der Waals surface area contributed by atoms with Crippen molar-refractivity contribution in [2.75, 3.05) is 9.80 Å². The predicted molar refractivity (Wildman–Crippen MR) is 386 cm³/mol. The highest BCUT2D eigenvalue weighted by Crippen LogP contribution is 2.54. The molecular formula is C86H56N8. The molecule has 0 N–H and O–H groups in total. The minimum absolute atomic E-state index is 0.685. The van der Waals surface area contributed by atoms with E-state index in [1.165, 1.54) is 27.8 Å². The summed E-state index contributed by atoms with van der Waals surface area (Å²) in [4.78, 5) is 35.1. The fourth-order valence-corrected chi connectivity index (χ4v) is 13.2. The summed E-state index contributed by atoms with van der Waals surface area (Å²) < 4.78 is 0. The molecule has 0 radical (unpaired) electrons.